The number of nitrogens with one attached hydrogen (secondary N) is 1. The molecule has 3 rings (SSSR count). The van der Waals surface area contributed by atoms with E-state index in [0.29, 0.717) is 6.42 Å². The van der Waals surface area contributed by atoms with Crippen LogP contribution < -0.4 is 10.1 Å². The van der Waals surface area contributed by atoms with Gasteiger partial charge in [-0.1, -0.05) is 25.8 Å². The van der Waals surface area contributed by atoms with Gasteiger partial charge in [0.2, 0.25) is 0 Å². The van der Waals surface area contributed by atoms with Gasteiger partial charge in [-0.05, 0) is 68.2 Å². The van der Waals surface area contributed by atoms with Crippen molar-refractivity contribution in [2.75, 3.05) is 12.3 Å². The molecule has 0 aliphatic heterocycles. The van der Waals surface area contributed by atoms with Crippen LogP contribution in [-0.4, -0.2) is 29.6 Å². The molecule has 1 fully saturated rings. The second-order valence-corrected chi connectivity index (χ2v) is 8.63. The maximum absolute atomic E-state index is 12.4. The quantitative estimate of drug-likeness (QED) is 0.692. The third-order valence-electron chi connectivity index (χ3n) is 5.32. The molecule has 1 aromatic rings. The summed E-state index contributed by atoms with van der Waals surface area (Å²) in [5, 5.41) is 3.87. The first kappa shape index (κ1) is 18.6. The Morgan fingerprint density at radius 3 is 2.72 bits per heavy atom. The number of hydrogen-bond donors (Lipinski definition) is 1. The van der Waals surface area contributed by atoms with Crippen molar-refractivity contribution in [3.8, 4) is 5.75 Å². The van der Waals surface area contributed by atoms with Crippen molar-refractivity contribution in [1.82, 2.24) is 5.32 Å². The van der Waals surface area contributed by atoms with Crippen LogP contribution in [0.5, 0.6) is 5.75 Å². The average molecular weight is 362 g/mol. The van der Waals surface area contributed by atoms with Gasteiger partial charge < -0.3 is 10.1 Å². The molecule has 1 N–H and O–H groups in total. The lowest BCUT2D eigenvalue weighted by Gasteiger charge is -2.20. The molecule has 2 aliphatic rings. The first-order chi connectivity index (χ1) is 12.3. The SMILES string of the molecule is CCC(Oc1ccc2c(c1)CCCC2)C(=O)NCCSC1CCCC1. The molecule has 1 atom stereocenters. The van der Waals surface area contributed by atoms with Crippen LogP contribution in [0.25, 0.3) is 0 Å². The maximum atomic E-state index is 12.4. The van der Waals surface area contributed by atoms with E-state index in [-0.39, 0.29) is 5.91 Å². The van der Waals surface area contributed by atoms with Crippen LogP contribution in [0.15, 0.2) is 18.2 Å². The maximum Gasteiger partial charge on any atom is 0.261 e. The minimum absolute atomic E-state index is 0.0206. The van der Waals surface area contributed by atoms with Crippen LogP contribution in [-0.2, 0) is 17.6 Å². The summed E-state index contributed by atoms with van der Waals surface area (Å²) in [6, 6.07) is 6.34. The van der Waals surface area contributed by atoms with E-state index in [1.807, 2.05) is 24.8 Å². The van der Waals surface area contributed by atoms with Crippen molar-refractivity contribution in [3.63, 3.8) is 0 Å². The summed E-state index contributed by atoms with van der Waals surface area (Å²) in [6.45, 7) is 2.75. The van der Waals surface area contributed by atoms with E-state index in [9.17, 15) is 4.79 Å². The van der Waals surface area contributed by atoms with Crippen LogP contribution in [0.1, 0.15) is 63.0 Å². The number of carbonyl (C=O) groups excluding carboxylic acids is 1. The molecule has 1 unspecified atom stereocenters. The summed E-state index contributed by atoms with van der Waals surface area (Å²) in [7, 11) is 0. The summed E-state index contributed by atoms with van der Waals surface area (Å²) in [5.74, 6) is 1.86. The molecule has 138 valence electrons. The summed E-state index contributed by atoms with van der Waals surface area (Å²) in [5.41, 5.74) is 2.84. The molecule has 0 radical (unpaired) electrons. The van der Waals surface area contributed by atoms with Crippen molar-refractivity contribution >= 4 is 17.7 Å². The van der Waals surface area contributed by atoms with Gasteiger partial charge in [0.15, 0.2) is 6.10 Å². The number of benzene rings is 1. The molecule has 0 bridgehead atoms. The highest BCUT2D eigenvalue weighted by molar-refractivity contribution is 7.99. The van der Waals surface area contributed by atoms with E-state index in [1.165, 1.54) is 56.1 Å². The van der Waals surface area contributed by atoms with Gasteiger partial charge in [-0.25, -0.2) is 0 Å². The largest absolute Gasteiger partial charge is 0.481 e. The summed E-state index contributed by atoms with van der Waals surface area (Å²) in [6.07, 6.45) is 10.6. The first-order valence-electron chi connectivity index (χ1n) is 9.94. The second kappa shape index (κ2) is 9.51. The van der Waals surface area contributed by atoms with Crippen molar-refractivity contribution in [2.45, 2.75) is 76.1 Å². The van der Waals surface area contributed by atoms with Gasteiger partial charge in [0.1, 0.15) is 5.75 Å². The molecule has 25 heavy (non-hydrogen) atoms. The van der Waals surface area contributed by atoms with Gasteiger partial charge in [0.25, 0.3) is 5.91 Å². The number of ether oxygens (including phenoxy) is 1. The Kier molecular flexibility index (Phi) is 7.09. The first-order valence-corrected chi connectivity index (χ1v) is 11.0. The number of fused-ring (bicyclic) bond motifs is 1. The standard InChI is InChI=1S/C21H31NO2S/c1-2-20(21(23)22-13-14-25-19-9-5-6-10-19)24-18-12-11-16-7-3-4-8-17(16)15-18/h11-12,15,19-20H,2-10,13-14H2,1H3,(H,22,23). The molecule has 1 saturated carbocycles. The second-order valence-electron chi connectivity index (χ2n) is 7.22. The number of rotatable bonds is 8. The molecule has 3 nitrogen and oxygen atoms in total. The normalized spacial score (nSPS) is 18.6. The van der Waals surface area contributed by atoms with E-state index in [2.05, 4.69) is 17.4 Å². The predicted octanol–water partition coefficient (Wildman–Crippen LogP) is 4.51. The zero-order valence-corrected chi connectivity index (χ0v) is 16.2. The molecular formula is C21H31NO2S. The Morgan fingerprint density at radius 2 is 1.96 bits per heavy atom. The number of amides is 1. The van der Waals surface area contributed by atoms with Gasteiger partial charge >= 0.3 is 0 Å². The fourth-order valence-electron chi connectivity index (χ4n) is 3.84. The molecule has 0 saturated heterocycles. The fourth-order valence-corrected chi connectivity index (χ4v) is 5.06. The van der Waals surface area contributed by atoms with E-state index in [1.54, 1.807) is 0 Å². The van der Waals surface area contributed by atoms with E-state index >= 15 is 0 Å². The Bertz CT molecular complexity index is 569. The number of thioether (sulfide) groups is 1. The highest BCUT2D eigenvalue weighted by Gasteiger charge is 2.20. The molecule has 0 heterocycles. The van der Waals surface area contributed by atoms with E-state index < -0.39 is 6.10 Å². The molecule has 0 aromatic heterocycles. The highest BCUT2D eigenvalue weighted by atomic mass is 32.2. The Balaban J connectivity index is 1.45. The van der Waals surface area contributed by atoms with Gasteiger partial charge in [0.05, 0.1) is 0 Å². The van der Waals surface area contributed by atoms with Crippen LogP contribution in [0.2, 0.25) is 0 Å². The van der Waals surface area contributed by atoms with Gasteiger partial charge in [-0.3, -0.25) is 4.79 Å². The van der Waals surface area contributed by atoms with Gasteiger partial charge in [0, 0.05) is 17.5 Å². The summed E-state index contributed by atoms with van der Waals surface area (Å²) < 4.78 is 6.00. The summed E-state index contributed by atoms with van der Waals surface area (Å²) >= 11 is 2.01. The van der Waals surface area contributed by atoms with Crippen molar-refractivity contribution in [1.29, 1.82) is 0 Å². The molecule has 4 heteroatoms. The lowest BCUT2D eigenvalue weighted by atomic mass is 9.92. The average Bonchev–Trinajstić information content (AvgIpc) is 3.16. The third-order valence-corrected chi connectivity index (χ3v) is 6.70. The topological polar surface area (TPSA) is 38.3 Å². The Hall–Kier alpha value is -1.16. The minimum atomic E-state index is -0.391. The van der Waals surface area contributed by atoms with Crippen molar-refractivity contribution in [3.05, 3.63) is 29.3 Å². The summed E-state index contributed by atoms with van der Waals surface area (Å²) in [4.78, 5) is 12.4. The molecule has 2 aliphatic carbocycles. The van der Waals surface area contributed by atoms with E-state index in [0.717, 1.165) is 29.7 Å². The van der Waals surface area contributed by atoms with Crippen LogP contribution >= 0.6 is 11.8 Å². The zero-order valence-electron chi connectivity index (χ0n) is 15.4. The predicted molar refractivity (Wildman–Crippen MR) is 106 cm³/mol. The van der Waals surface area contributed by atoms with Crippen molar-refractivity contribution in [2.24, 2.45) is 0 Å². The third kappa shape index (κ3) is 5.40. The molecular weight excluding hydrogens is 330 g/mol. The lowest BCUT2D eigenvalue weighted by Crippen LogP contribution is -2.39. The zero-order chi connectivity index (χ0) is 17.5. The van der Waals surface area contributed by atoms with Crippen LogP contribution in [0, 0.1) is 0 Å². The number of hydrogen-bond acceptors (Lipinski definition) is 3. The van der Waals surface area contributed by atoms with Crippen LogP contribution in [0.4, 0.5) is 0 Å². The molecule has 1 aromatic carbocycles. The smallest absolute Gasteiger partial charge is 0.261 e. The highest BCUT2D eigenvalue weighted by Crippen LogP contribution is 2.29. The lowest BCUT2D eigenvalue weighted by molar-refractivity contribution is -0.127. The van der Waals surface area contributed by atoms with Crippen LogP contribution in [0.3, 0.4) is 0 Å². The number of carbonyl (C=O) groups is 1. The van der Waals surface area contributed by atoms with Crippen molar-refractivity contribution < 1.29 is 9.53 Å². The number of aryl methyl sites for hydroxylation is 2. The molecule has 0 spiro atoms. The minimum Gasteiger partial charge on any atom is -0.481 e. The van der Waals surface area contributed by atoms with Gasteiger partial charge in [-0.15, -0.1) is 0 Å². The Labute approximate surface area is 156 Å². The van der Waals surface area contributed by atoms with Gasteiger partial charge in [-0.2, -0.15) is 11.8 Å². The van der Waals surface area contributed by atoms with E-state index in [4.69, 9.17) is 4.74 Å². The Morgan fingerprint density at radius 1 is 1.20 bits per heavy atom. The fraction of sp³-hybridized carbons (Fsp3) is 0.667. The monoisotopic (exact) mass is 361 g/mol. The molecule has 1 amide bonds.